The molecule has 1 aromatic heterocycles. The Morgan fingerprint density at radius 3 is 2.67 bits per heavy atom. The summed E-state index contributed by atoms with van der Waals surface area (Å²) in [6.07, 6.45) is -3.71. The predicted octanol–water partition coefficient (Wildman–Crippen LogP) is 3.34. The minimum Gasteiger partial charge on any atom is -0.478 e. The quantitative estimate of drug-likeness (QED) is 0.763. The van der Waals surface area contributed by atoms with Crippen molar-refractivity contribution in [2.24, 2.45) is 0 Å². The third kappa shape index (κ3) is 5.07. The first kappa shape index (κ1) is 20.4. The average Bonchev–Trinajstić information content (AvgIpc) is 3.05. The van der Waals surface area contributed by atoms with Gasteiger partial charge in [-0.3, -0.25) is 4.79 Å². The van der Waals surface area contributed by atoms with Gasteiger partial charge < -0.3 is 15.2 Å². The number of carboxylic acids is 1. The topological polar surface area (TPSA) is 93.5 Å². The lowest BCUT2D eigenvalue weighted by Crippen LogP contribution is -2.18. The van der Waals surface area contributed by atoms with Crippen molar-refractivity contribution in [1.29, 1.82) is 0 Å². The van der Waals surface area contributed by atoms with Gasteiger partial charge >= 0.3 is 12.1 Å². The summed E-state index contributed by atoms with van der Waals surface area (Å²) < 4.78 is 45.4. The molecule has 0 fully saturated rings. The van der Waals surface area contributed by atoms with E-state index in [4.69, 9.17) is 9.84 Å². The lowest BCUT2D eigenvalue weighted by Gasteiger charge is -2.13. The molecule has 146 valence electrons. The van der Waals surface area contributed by atoms with Gasteiger partial charge in [-0.15, -0.1) is 0 Å². The Balaban J connectivity index is 2.28. The molecule has 2 rings (SSSR count). The van der Waals surface area contributed by atoms with Crippen molar-refractivity contribution in [3.05, 3.63) is 41.7 Å². The van der Waals surface area contributed by atoms with E-state index in [-0.39, 0.29) is 29.8 Å². The van der Waals surface area contributed by atoms with Crippen LogP contribution in [-0.2, 0) is 15.7 Å². The highest BCUT2D eigenvalue weighted by molar-refractivity contribution is 5.91. The summed E-state index contributed by atoms with van der Waals surface area (Å²) in [4.78, 5) is 23.0. The van der Waals surface area contributed by atoms with Crippen LogP contribution in [0.1, 0.15) is 35.8 Å². The van der Waals surface area contributed by atoms with E-state index in [0.717, 1.165) is 0 Å². The zero-order valence-corrected chi connectivity index (χ0v) is 14.6. The minimum atomic E-state index is -4.92. The molecule has 1 atom stereocenters. The number of aromatic carboxylic acids is 1. The van der Waals surface area contributed by atoms with E-state index >= 15 is 0 Å². The van der Waals surface area contributed by atoms with E-state index in [0.29, 0.717) is 17.3 Å². The number of aromatic nitrogens is 2. The van der Waals surface area contributed by atoms with E-state index in [1.807, 2.05) is 6.92 Å². The monoisotopic (exact) mass is 385 g/mol. The van der Waals surface area contributed by atoms with Crippen LogP contribution in [0.2, 0.25) is 0 Å². The number of methoxy groups -OCH3 is 1. The number of carbonyl (C=O) groups excluding carboxylic acids is 1. The number of hydrogen-bond donors (Lipinski definition) is 2. The fourth-order valence-corrected chi connectivity index (χ4v) is 2.36. The fourth-order valence-electron chi connectivity index (χ4n) is 2.36. The number of alkyl halides is 3. The van der Waals surface area contributed by atoms with Gasteiger partial charge in [0.25, 0.3) is 0 Å². The Morgan fingerprint density at radius 1 is 1.37 bits per heavy atom. The van der Waals surface area contributed by atoms with Crippen molar-refractivity contribution in [2.45, 2.75) is 32.0 Å². The number of nitrogens with one attached hydrogen (secondary N) is 1. The number of anilines is 1. The third-order valence-corrected chi connectivity index (χ3v) is 3.82. The summed E-state index contributed by atoms with van der Waals surface area (Å²) in [5, 5.41) is 15.1. The smallest absolute Gasteiger partial charge is 0.434 e. The normalized spacial score (nSPS) is 12.6. The highest BCUT2D eigenvalue weighted by atomic mass is 19.4. The molecule has 0 aliphatic carbocycles. The molecule has 0 bridgehead atoms. The summed E-state index contributed by atoms with van der Waals surface area (Å²) in [5.74, 6) is -2.05. The number of ether oxygens (including phenoxy) is 1. The van der Waals surface area contributed by atoms with Crippen LogP contribution in [0.4, 0.5) is 18.9 Å². The molecule has 7 nitrogen and oxygen atoms in total. The van der Waals surface area contributed by atoms with E-state index in [9.17, 15) is 22.8 Å². The summed E-state index contributed by atoms with van der Waals surface area (Å²) in [7, 11) is 1.53. The first-order chi connectivity index (χ1) is 12.6. The van der Waals surface area contributed by atoms with Gasteiger partial charge in [0.05, 0.1) is 18.0 Å². The van der Waals surface area contributed by atoms with Gasteiger partial charge in [0.2, 0.25) is 5.91 Å². The molecule has 0 aliphatic rings. The van der Waals surface area contributed by atoms with Gasteiger partial charge in [-0.1, -0.05) is 6.07 Å². The molecule has 0 saturated heterocycles. The van der Waals surface area contributed by atoms with Crippen molar-refractivity contribution >= 4 is 17.6 Å². The van der Waals surface area contributed by atoms with Crippen LogP contribution >= 0.6 is 0 Å². The Labute approximate surface area is 152 Å². The molecule has 27 heavy (non-hydrogen) atoms. The highest BCUT2D eigenvalue weighted by Crippen LogP contribution is 2.34. The van der Waals surface area contributed by atoms with Crippen molar-refractivity contribution in [3.63, 3.8) is 0 Å². The van der Waals surface area contributed by atoms with E-state index in [1.165, 1.54) is 31.4 Å². The van der Waals surface area contributed by atoms with E-state index in [1.54, 1.807) is 0 Å². The van der Waals surface area contributed by atoms with Gasteiger partial charge in [0.15, 0.2) is 5.69 Å². The SMILES string of the molecule is COC(C)CCC(=O)Nc1cccc(-n2ncc(C(=O)O)c2C(F)(F)F)c1. The van der Waals surface area contributed by atoms with Gasteiger partial charge in [0, 0.05) is 19.2 Å². The number of carbonyl (C=O) groups is 2. The summed E-state index contributed by atoms with van der Waals surface area (Å²) in [6, 6.07) is 5.56. The molecule has 10 heteroatoms. The molecule has 2 N–H and O–H groups in total. The van der Waals surface area contributed by atoms with Gasteiger partial charge in [-0.2, -0.15) is 18.3 Å². The third-order valence-electron chi connectivity index (χ3n) is 3.82. The Bertz CT molecular complexity index is 833. The van der Waals surface area contributed by atoms with E-state index in [2.05, 4.69) is 10.4 Å². The van der Waals surface area contributed by atoms with Gasteiger partial charge in [-0.05, 0) is 31.5 Å². The van der Waals surface area contributed by atoms with Crippen LogP contribution < -0.4 is 5.32 Å². The number of hydrogen-bond acceptors (Lipinski definition) is 4. The second-order valence-corrected chi connectivity index (χ2v) is 5.81. The molecular weight excluding hydrogens is 367 g/mol. The second kappa shape index (κ2) is 8.21. The summed E-state index contributed by atoms with van der Waals surface area (Å²) in [5.41, 5.74) is -2.11. The van der Waals surface area contributed by atoms with Gasteiger partial charge in [-0.25, -0.2) is 9.48 Å². The Hall–Kier alpha value is -2.88. The molecular formula is C17H18F3N3O4. The van der Waals surface area contributed by atoms with Crippen LogP contribution in [0.3, 0.4) is 0 Å². The van der Waals surface area contributed by atoms with Crippen molar-refractivity contribution in [3.8, 4) is 5.69 Å². The number of nitrogens with zero attached hydrogens (tertiary/aromatic N) is 2. The predicted molar refractivity (Wildman–Crippen MR) is 89.9 cm³/mol. The molecule has 1 amide bonds. The molecule has 1 aromatic carbocycles. The first-order valence-electron chi connectivity index (χ1n) is 7.95. The van der Waals surface area contributed by atoms with Crippen molar-refractivity contribution in [1.82, 2.24) is 9.78 Å². The van der Waals surface area contributed by atoms with Crippen LogP contribution in [0.15, 0.2) is 30.5 Å². The van der Waals surface area contributed by atoms with E-state index < -0.39 is 23.4 Å². The second-order valence-electron chi connectivity index (χ2n) is 5.81. The average molecular weight is 385 g/mol. The summed E-state index contributed by atoms with van der Waals surface area (Å²) in [6.45, 7) is 1.81. The lowest BCUT2D eigenvalue weighted by atomic mass is 10.2. The zero-order chi connectivity index (χ0) is 20.2. The molecule has 0 radical (unpaired) electrons. The number of halogens is 3. The Kier molecular flexibility index (Phi) is 6.21. The number of benzene rings is 1. The number of rotatable bonds is 7. The zero-order valence-electron chi connectivity index (χ0n) is 14.6. The highest BCUT2D eigenvalue weighted by Gasteiger charge is 2.40. The maximum Gasteiger partial charge on any atom is 0.434 e. The van der Waals surface area contributed by atoms with Crippen LogP contribution in [0.25, 0.3) is 5.69 Å². The van der Waals surface area contributed by atoms with Crippen LogP contribution in [-0.4, -0.2) is 40.0 Å². The number of amides is 1. The maximum absolute atomic E-state index is 13.3. The summed E-state index contributed by atoms with van der Waals surface area (Å²) >= 11 is 0. The minimum absolute atomic E-state index is 0.0297. The van der Waals surface area contributed by atoms with Crippen molar-refractivity contribution < 1.29 is 32.6 Å². The van der Waals surface area contributed by atoms with Crippen molar-refractivity contribution in [2.75, 3.05) is 12.4 Å². The molecule has 1 unspecified atom stereocenters. The largest absolute Gasteiger partial charge is 0.478 e. The maximum atomic E-state index is 13.3. The molecule has 0 saturated carbocycles. The first-order valence-corrected chi connectivity index (χ1v) is 7.95. The molecule has 0 aliphatic heterocycles. The Morgan fingerprint density at radius 2 is 2.07 bits per heavy atom. The van der Waals surface area contributed by atoms with Crippen LogP contribution in [0.5, 0.6) is 0 Å². The standard InChI is InChI=1S/C17H18F3N3O4/c1-10(27-2)6-7-14(24)22-11-4-3-5-12(8-11)23-15(17(18,19)20)13(9-21-23)16(25)26/h3-5,8-10H,6-7H2,1-2H3,(H,22,24)(H,25,26). The molecule has 0 spiro atoms. The number of carboxylic acid groups (broad SMARTS) is 1. The molecule has 2 aromatic rings. The van der Waals surface area contributed by atoms with Gasteiger partial charge in [0.1, 0.15) is 5.56 Å². The molecule has 1 heterocycles. The fraction of sp³-hybridized carbons (Fsp3) is 0.353. The lowest BCUT2D eigenvalue weighted by molar-refractivity contribution is -0.143. The van der Waals surface area contributed by atoms with Crippen LogP contribution in [0, 0.1) is 0 Å².